The molecule has 1 fully saturated rings. The van der Waals surface area contributed by atoms with Gasteiger partial charge in [0.05, 0.1) is 6.26 Å². The fourth-order valence-corrected chi connectivity index (χ4v) is 4.56. The number of sulfonamides is 1. The first kappa shape index (κ1) is 17.4. The molecule has 2 heterocycles. The van der Waals surface area contributed by atoms with Gasteiger partial charge in [0.25, 0.3) is 5.91 Å². The highest BCUT2D eigenvalue weighted by Gasteiger charge is 2.40. The molecule has 0 saturated carbocycles. The SMILES string of the molecule is CC(C)[C@@H]1CN(S(C)(=O)=O)C[C@H]1NC(=O)c1noc2c1CCCC2. The van der Waals surface area contributed by atoms with Crippen LogP contribution in [0.25, 0.3) is 0 Å². The van der Waals surface area contributed by atoms with E-state index < -0.39 is 10.0 Å². The fourth-order valence-electron chi connectivity index (χ4n) is 3.69. The summed E-state index contributed by atoms with van der Waals surface area (Å²) in [5, 5.41) is 6.96. The molecule has 7 nitrogen and oxygen atoms in total. The largest absolute Gasteiger partial charge is 0.360 e. The van der Waals surface area contributed by atoms with E-state index in [0.29, 0.717) is 18.8 Å². The number of hydrogen-bond donors (Lipinski definition) is 1. The van der Waals surface area contributed by atoms with Gasteiger partial charge < -0.3 is 9.84 Å². The predicted molar refractivity (Wildman–Crippen MR) is 89.1 cm³/mol. The molecule has 8 heteroatoms. The Balaban J connectivity index is 1.76. The van der Waals surface area contributed by atoms with Crippen molar-refractivity contribution in [1.82, 2.24) is 14.8 Å². The minimum Gasteiger partial charge on any atom is -0.360 e. The second kappa shape index (κ2) is 6.48. The second-order valence-corrected chi connectivity index (χ2v) is 9.19. The molecule has 1 saturated heterocycles. The maximum Gasteiger partial charge on any atom is 0.274 e. The van der Waals surface area contributed by atoms with Crippen LogP contribution in [-0.4, -0.2) is 49.2 Å². The van der Waals surface area contributed by atoms with Gasteiger partial charge in [0.1, 0.15) is 5.76 Å². The lowest BCUT2D eigenvalue weighted by Crippen LogP contribution is -2.42. The number of fused-ring (bicyclic) bond motifs is 1. The zero-order valence-electron chi connectivity index (χ0n) is 14.4. The summed E-state index contributed by atoms with van der Waals surface area (Å²) < 4.78 is 30.4. The Hall–Kier alpha value is -1.41. The van der Waals surface area contributed by atoms with Gasteiger partial charge in [-0.2, -0.15) is 4.31 Å². The molecular weight excluding hydrogens is 330 g/mol. The predicted octanol–water partition coefficient (Wildman–Crippen LogP) is 1.20. The van der Waals surface area contributed by atoms with Crippen molar-refractivity contribution in [3.8, 4) is 0 Å². The Morgan fingerprint density at radius 2 is 2.00 bits per heavy atom. The van der Waals surface area contributed by atoms with Crippen LogP contribution < -0.4 is 5.32 Å². The van der Waals surface area contributed by atoms with E-state index in [1.54, 1.807) is 0 Å². The Labute approximate surface area is 142 Å². The van der Waals surface area contributed by atoms with Crippen LogP contribution in [0.1, 0.15) is 48.5 Å². The average Bonchev–Trinajstić information content (AvgIpc) is 3.10. The summed E-state index contributed by atoms with van der Waals surface area (Å²) in [4.78, 5) is 12.7. The second-order valence-electron chi connectivity index (χ2n) is 7.21. The molecule has 1 aromatic heterocycles. The van der Waals surface area contributed by atoms with Crippen LogP contribution in [0, 0.1) is 11.8 Å². The van der Waals surface area contributed by atoms with Crippen LogP contribution in [0.4, 0.5) is 0 Å². The molecule has 1 amide bonds. The summed E-state index contributed by atoms with van der Waals surface area (Å²) in [6, 6.07) is -0.205. The number of amides is 1. The minimum absolute atomic E-state index is 0.0893. The lowest BCUT2D eigenvalue weighted by atomic mass is 9.91. The highest BCUT2D eigenvalue weighted by atomic mass is 32.2. The number of aromatic nitrogens is 1. The molecule has 0 radical (unpaired) electrons. The van der Waals surface area contributed by atoms with E-state index in [9.17, 15) is 13.2 Å². The summed E-state index contributed by atoms with van der Waals surface area (Å²) in [5.41, 5.74) is 1.28. The van der Waals surface area contributed by atoms with Crippen molar-refractivity contribution in [2.24, 2.45) is 11.8 Å². The average molecular weight is 355 g/mol. The molecule has 0 aromatic carbocycles. The van der Waals surface area contributed by atoms with Crippen molar-refractivity contribution in [3.63, 3.8) is 0 Å². The normalized spacial score (nSPS) is 25.0. The van der Waals surface area contributed by atoms with E-state index in [1.165, 1.54) is 10.6 Å². The first-order chi connectivity index (χ1) is 11.3. The van der Waals surface area contributed by atoms with Gasteiger partial charge in [-0.05, 0) is 31.1 Å². The molecule has 2 atom stereocenters. The minimum atomic E-state index is -3.26. The summed E-state index contributed by atoms with van der Waals surface area (Å²) >= 11 is 0. The number of carbonyl (C=O) groups is 1. The van der Waals surface area contributed by atoms with Crippen LogP contribution >= 0.6 is 0 Å². The Kier molecular flexibility index (Phi) is 4.70. The summed E-state index contributed by atoms with van der Waals surface area (Å²) in [7, 11) is -3.26. The molecule has 1 aliphatic heterocycles. The Morgan fingerprint density at radius 3 is 2.67 bits per heavy atom. The first-order valence-corrected chi connectivity index (χ1v) is 10.4. The van der Waals surface area contributed by atoms with Crippen molar-refractivity contribution in [1.29, 1.82) is 0 Å². The summed E-state index contributed by atoms with van der Waals surface area (Å²) in [5.74, 6) is 0.920. The van der Waals surface area contributed by atoms with Gasteiger partial charge in [0.2, 0.25) is 10.0 Å². The molecular formula is C16H25N3O4S. The topological polar surface area (TPSA) is 92.5 Å². The van der Waals surface area contributed by atoms with Crippen molar-refractivity contribution >= 4 is 15.9 Å². The molecule has 0 bridgehead atoms. The maximum absolute atomic E-state index is 12.7. The van der Waals surface area contributed by atoms with E-state index in [0.717, 1.165) is 37.0 Å². The highest BCUT2D eigenvalue weighted by molar-refractivity contribution is 7.88. The van der Waals surface area contributed by atoms with Gasteiger partial charge in [-0.25, -0.2) is 8.42 Å². The third kappa shape index (κ3) is 3.35. The van der Waals surface area contributed by atoms with E-state index in [4.69, 9.17) is 4.52 Å². The number of rotatable bonds is 4. The van der Waals surface area contributed by atoms with Gasteiger partial charge in [-0.15, -0.1) is 0 Å². The van der Waals surface area contributed by atoms with Crippen LogP contribution in [0.15, 0.2) is 4.52 Å². The molecule has 1 N–H and O–H groups in total. The van der Waals surface area contributed by atoms with Gasteiger partial charge in [0.15, 0.2) is 5.69 Å². The molecule has 2 aliphatic rings. The monoisotopic (exact) mass is 355 g/mol. The molecule has 134 valence electrons. The first-order valence-electron chi connectivity index (χ1n) is 8.50. The number of carbonyl (C=O) groups excluding carboxylic acids is 1. The third-order valence-corrected chi connectivity index (χ3v) is 6.37. The molecule has 1 aromatic rings. The maximum atomic E-state index is 12.7. The van der Waals surface area contributed by atoms with Crippen LogP contribution in [-0.2, 0) is 22.9 Å². The van der Waals surface area contributed by atoms with Crippen molar-refractivity contribution in [2.45, 2.75) is 45.6 Å². The van der Waals surface area contributed by atoms with E-state index >= 15 is 0 Å². The lowest BCUT2D eigenvalue weighted by Gasteiger charge is -2.22. The van der Waals surface area contributed by atoms with E-state index in [1.807, 2.05) is 13.8 Å². The van der Waals surface area contributed by atoms with Gasteiger partial charge in [-0.1, -0.05) is 19.0 Å². The lowest BCUT2D eigenvalue weighted by molar-refractivity contribution is 0.0915. The quantitative estimate of drug-likeness (QED) is 0.876. The zero-order valence-corrected chi connectivity index (χ0v) is 15.2. The fraction of sp³-hybridized carbons (Fsp3) is 0.750. The zero-order chi connectivity index (χ0) is 17.5. The summed E-state index contributed by atoms with van der Waals surface area (Å²) in [6.45, 7) is 4.85. The van der Waals surface area contributed by atoms with Crippen molar-refractivity contribution < 1.29 is 17.7 Å². The Bertz CT molecular complexity index is 726. The van der Waals surface area contributed by atoms with Crippen LogP contribution in [0.3, 0.4) is 0 Å². The van der Waals surface area contributed by atoms with Crippen LogP contribution in [0.2, 0.25) is 0 Å². The Morgan fingerprint density at radius 1 is 1.29 bits per heavy atom. The molecule has 3 rings (SSSR count). The highest BCUT2D eigenvalue weighted by Crippen LogP contribution is 2.28. The molecule has 0 unspecified atom stereocenters. The van der Waals surface area contributed by atoms with E-state index in [-0.39, 0.29) is 23.8 Å². The molecule has 0 spiro atoms. The standard InChI is InChI=1S/C16H25N3O4S/c1-10(2)12-8-19(24(3,21)22)9-13(12)17-16(20)15-11-6-4-5-7-14(11)23-18-15/h10,12-13H,4-9H2,1-3H3,(H,17,20)/t12-,13+/m0/s1. The van der Waals surface area contributed by atoms with E-state index in [2.05, 4.69) is 10.5 Å². The number of nitrogens with one attached hydrogen (secondary N) is 1. The molecule has 1 aliphatic carbocycles. The number of hydrogen-bond acceptors (Lipinski definition) is 5. The van der Waals surface area contributed by atoms with Crippen molar-refractivity contribution in [3.05, 3.63) is 17.0 Å². The number of nitrogens with zero attached hydrogens (tertiary/aromatic N) is 2. The van der Waals surface area contributed by atoms with Gasteiger partial charge >= 0.3 is 0 Å². The summed E-state index contributed by atoms with van der Waals surface area (Å²) in [6.07, 6.45) is 4.95. The molecule has 24 heavy (non-hydrogen) atoms. The third-order valence-electron chi connectivity index (χ3n) is 5.14. The van der Waals surface area contributed by atoms with Crippen molar-refractivity contribution in [2.75, 3.05) is 19.3 Å². The van der Waals surface area contributed by atoms with Crippen LogP contribution in [0.5, 0.6) is 0 Å². The van der Waals surface area contributed by atoms with Gasteiger partial charge in [-0.3, -0.25) is 4.79 Å². The smallest absolute Gasteiger partial charge is 0.274 e. The number of aryl methyl sites for hydroxylation is 1. The van der Waals surface area contributed by atoms with Gasteiger partial charge in [0, 0.05) is 31.1 Å².